The Kier molecular flexibility index (Phi) is 1.98. The second kappa shape index (κ2) is 2.18. The van der Waals surface area contributed by atoms with Crippen molar-refractivity contribution in [2.24, 2.45) is 5.73 Å². The van der Waals surface area contributed by atoms with E-state index in [0.717, 1.165) is 0 Å². The summed E-state index contributed by atoms with van der Waals surface area (Å²) in [5.41, 5.74) is 3.90. The highest BCUT2D eigenvalue weighted by Crippen LogP contribution is 2.11. The van der Waals surface area contributed by atoms with E-state index in [4.69, 9.17) is 0 Å². The molecule has 9 heavy (non-hydrogen) atoms. The maximum Gasteiger partial charge on any atom is 0.366 e. The highest BCUT2D eigenvalue weighted by Gasteiger charge is 2.35. The van der Waals surface area contributed by atoms with Gasteiger partial charge in [-0.05, 0) is 0 Å². The third kappa shape index (κ3) is 2.27. The Hall–Kier alpha value is -0.840. The molecule has 52 valence electrons. The molecule has 2 nitrogen and oxygen atoms in total. The molecule has 0 saturated heterocycles. The van der Waals surface area contributed by atoms with Crippen molar-refractivity contribution in [1.29, 1.82) is 0 Å². The van der Waals surface area contributed by atoms with Gasteiger partial charge < -0.3 is 0 Å². The highest BCUT2D eigenvalue weighted by molar-refractivity contribution is 5.97. The Morgan fingerprint density at radius 3 is 1.89 bits per heavy atom. The molecule has 0 aliphatic rings. The fraction of sp³-hybridized carbons (Fsp3) is 0.250. The normalized spacial score (nSPS) is 11.1. The maximum absolute atomic E-state index is 11.5. The van der Waals surface area contributed by atoms with Gasteiger partial charge in [-0.2, -0.15) is 8.78 Å². The third-order valence-electron chi connectivity index (χ3n) is 0.549. The SMILES string of the molecule is C=C(F)C(=O)C(N)(F)F. The molecule has 0 aliphatic carbocycles. The van der Waals surface area contributed by atoms with E-state index in [1.54, 1.807) is 0 Å². The number of hydrogen-bond acceptors (Lipinski definition) is 2. The van der Waals surface area contributed by atoms with Gasteiger partial charge in [0.1, 0.15) is 0 Å². The second-order valence-electron chi connectivity index (χ2n) is 1.36. The first-order valence-electron chi connectivity index (χ1n) is 1.91. The minimum absolute atomic E-state index is 1.73. The third-order valence-corrected chi connectivity index (χ3v) is 0.549. The Bertz CT molecular complexity index is 148. The van der Waals surface area contributed by atoms with Crippen LogP contribution in [-0.4, -0.2) is 11.8 Å². The molecule has 0 aromatic rings. The van der Waals surface area contributed by atoms with Crippen LogP contribution in [0.25, 0.3) is 0 Å². The van der Waals surface area contributed by atoms with Gasteiger partial charge in [0.05, 0.1) is 0 Å². The van der Waals surface area contributed by atoms with Crippen LogP contribution in [0.5, 0.6) is 0 Å². The molecule has 0 fully saturated rings. The van der Waals surface area contributed by atoms with Crippen LogP contribution >= 0.6 is 0 Å². The fourth-order valence-electron chi connectivity index (χ4n) is 0.181. The van der Waals surface area contributed by atoms with Gasteiger partial charge >= 0.3 is 6.05 Å². The van der Waals surface area contributed by atoms with Crippen LogP contribution in [0.3, 0.4) is 0 Å². The van der Waals surface area contributed by atoms with Gasteiger partial charge in [-0.15, -0.1) is 0 Å². The summed E-state index contributed by atoms with van der Waals surface area (Å²) >= 11 is 0. The summed E-state index contributed by atoms with van der Waals surface area (Å²) in [6.45, 7) is 2.35. The number of carbonyl (C=O) groups is 1. The van der Waals surface area contributed by atoms with E-state index in [1.807, 2.05) is 0 Å². The standard InChI is InChI=1S/C4H4F3NO/c1-2(5)3(9)4(6,7)8/h1,8H2. The van der Waals surface area contributed by atoms with Gasteiger partial charge in [0.25, 0.3) is 5.78 Å². The molecule has 0 heterocycles. The van der Waals surface area contributed by atoms with Crippen LogP contribution in [0.15, 0.2) is 12.4 Å². The lowest BCUT2D eigenvalue weighted by Gasteiger charge is -2.04. The average Bonchev–Trinajstić information content (AvgIpc) is 1.62. The Morgan fingerprint density at radius 2 is 1.89 bits per heavy atom. The molecule has 2 N–H and O–H groups in total. The Morgan fingerprint density at radius 1 is 1.56 bits per heavy atom. The lowest BCUT2D eigenvalue weighted by atomic mass is 10.3. The minimum Gasteiger partial charge on any atom is -0.283 e. The van der Waals surface area contributed by atoms with Crippen molar-refractivity contribution in [2.45, 2.75) is 6.05 Å². The summed E-state index contributed by atoms with van der Waals surface area (Å²) in [4.78, 5) is 9.81. The van der Waals surface area contributed by atoms with Gasteiger partial charge in [0.15, 0.2) is 5.83 Å². The smallest absolute Gasteiger partial charge is 0.283 e. The van der Waals surface area contributed by atoms with Crippen LogP contribution in [0.2, 0.25) is 0 Å². The zero-order valence-electron chi connectivity index (χ0n) is 4.33. The summed E-state index contributed by atoms with van der Waals surface area (Å²) in [6, 6.07) is -4.13. The minimum atomic E-state index is -4.13. The molecule has 0 aromatic heterocycles. The monoisotopic (exact) mass is 139 g/mol. The summed E-state index contributed by atoms with van der Waals surface area (Å²) in [5.74, 6) is -3.81. The molecule has 0 atom stereocenters. The molecule has 0 bridgehead atoms. The highest BCUT2D eigenvalue weighted by atomic mass is 19.3. The van der Waals surface area contributed by atoms with Crippen LogP contribution in [0, 0.1) is 0 Å². The van der Waals surface area contributed by atoms with Crippen molar-refractivity contribution < 1.29 is 18.0 Å². The molecule has 0 rings (SSSR count). The van der Waals surface area contributed by atoms with Crippen LogP contribution in [-0.2, 0) is 4.79 Å². The Balaban J connectivity index is 4.23. The number of alkyl halides is 2. The van der Waals surface area contributed by atoms with Crippen LogP contribution in [0.4, 0.5) is 13.2 Å². The number of ketones is 1. The lowest BCUT2D eigenvalue weighted by Crippen LogP contribution is -2.38. The Labute approximate surface area is 49.1 Å². The molecule has 0 spiro atoms. The quantitative estimate of drug-likeness (QED) is 0.449. The van der Waals surface area contributed by atoms with Crippen molar-refractivity contribution in [3.63, 3.8) is 0 Å². The van der Waals surface area contributed by atoms with E-state index < -0.39 is 17.7 Å². The largest absolute Gasteiger partial charge is 0.366 e. The van der Waals surface area contributed by atoms with E-state index >= 15 is 0 Å². The van der Waals surface area contributed by atoms with Crippen LogP contribution < -0.4 is 5.73 Å². The van der Waals surface area contributed by atoms with Crippen molar-refractivity contribution in [3.8, 4) is 0 Å². The van der Waals surface area contributed by atoms with Crippen molar-refractivity contribution in [3.05, 3.63) is 12.4 Å². The maximum atomic E-state index is 11.5. The van der Waals surface area contributed by atoms with Crippen molar-refractivity contribution in [2.75, 3.05) is 0 Å². The lowest BCUT2D eigenvalue weighted by molar-refractivity contribution is -0.139. The number of hydrogen-bond donors (Lipinski definition) is 1. The zero-order chi connectivity index (χ0) is 7.65. The summed E-state index contributed by atoms with van der Waals surface area (Å²) in [7, 11) is 0. The molecule has 0 aliphatic heterocycles. The van der Waals surface area contributed by atoms with Gasteiger partial charge in [-0.25, -0.2) is 4.39 Å². The average molecular weight is 139 g/mol. The topological polar surface area (TPSA) is 43.1 Å². The van der Waals surface area contributed by atoms with E-state index in [0.29, 0.717) is 0 Å². The second-order valence-corrected chi connectivity index (χ2v) is 1.36. The molecule has 0 amide bonds. The summed E-state index contributed by atoms with van der Waals surface area (Å²) < 4.78 is 34.5. The predicted molar refractivity (Wildman–Crippen MR) is 24.4 cm³/mol. The first-order chi connectivity index (χ1) is 3.85. The van der Waals surface area contributed by atoms with Gasteiger partial charge in [0, 0.05) is 0 Å². The first kappa shape index (κ1) is 8.16. The summed E-state index contributed by atoms with van der Waals surface area (Å²) in [5, 5.41) is 0. The number of rotatable bonds is 2. The van der Waals surface area contributed by atoms with Crippen molar-refractivity contribution >= 4 is 5.78 Å². The first-order valence-corrected chi connectivity index (χ1v) is 1.91. The zero-order valence-corrected chi connectivity index (χ0v) is 4.33. The van der Waals surface area contributed by atoms with E-state index in [1.165, 1.54) is 0 Å². The van der Waals surface area contributed by atoms with Gasteiger partial charge in [-0.3, -0.25) is 10.5 Å². The fourth-order valence-corrected chi connectivity index (χ4v) is 0.181. The molecule has 5 heteroatoms. The molecule has 0 saturated carbocycles. The predicted octanol–water partition coefficient (Wildman–Crippen LogP) is 0.590. The van der Waals surface area contributed by atoms with Gasteiger partial charge in [0.2, 0.25) is 0 Å². The van der Waals surface area contributed by atoms with E-state index in [-0.39, 0.29) is 0 Å². The number of nitrogens with two attached hydrogens (primary N) is 1. The molecular weight excluding hydrogens is 135 g/mol. The molecule has 0 radical (unpaired) electrons. The number of halogens is 3. The van der Waals surface area contributed by atoms with E-state index in [2.05, 4.69) is 12.3 Å². The number of carbonyl (C=O) groups excluding carboxylic acids is 1. The molecule has 0 unspecified atom stereocenters. The molecule has 0 aromatic carbocycles. The number of Topliss-reactive ketones (excluding diaryl/α,β-unsaturated/α-hetero) is 1. The summed E-state index contributed by atoms with van der Waals surface area (Å²) in [6.07, 6.45) is 0. The van der Waals surface area contributed by atoms with Crippen LogP contribution in [0.1, 0.15) is 0 Å². The van der Waals surface area contributed by atoms with Crippen molar-refractivity contribution in [1.82, 2.24) is 0 Å². The van der Waals surface area contributed by atoms with Gasteiger partial charge in [-0.1, -0.05) is 6.58 Å². The van der Waals surface area contributed by atoms with E-state index in [9.17, 15) is 18.0 Å². The molecular formula is C4H4F3NO.